The number of thiocyanates is 1. The van der Waals surface area contributed by atoms with Crippen LogP contribution in [0.1, 0.15) is 5.56 Å². The van der Waals surface area contributed by atoms with E-state index in [0.29, 0.717) is 22.0 Å². The summed E-state index contributed by atoms with van der Waals surface area (Å²) in [6, 6.07) is 12.5. The predicted octanol–water partition coefficient (Wildman–Crippen LogP) is 3.98. The second-order valence-electron chi connectivity index (χ2n) is 5.62. The number of benzene rings is 2. The van der Waals surface area contributed by atoms with E-state index in [2.05, 4.69) is 10.3 Å². The molecular formula is C19H15N3O4S2. The van der Waals surface area contributed by atoms with Crippen LogP contribution in [0.3, 0.4) is 0 Å². The number of oxazole rings is 1. The Balaban J connectivity index is 1.45. The third-order valence-corrected chi connectivity index (χ3v) is 4.97. The molecule has 0 unspecified atom stereocenters. The number of nitriles is 1. The van der Waals surface area contributed by atoms with Crippen LogP contribution in [0, 0.1) is 17.6 Å². The van der Waals surface area contributed by atoms with Gasteiger partial charge in [-0.15, -0.1) is 0 Å². The first-order chi connectivity index (χ1) is 13.5. The molecule has 28 heavy (non-hydrogen) atoms. The number of nitrogens with zero attached hydrogens (tertiary/aromatic N) is 2. The molecule has 7 nitrogen and oxygen atoms in total. The van der Waals surface area contributed by atoms with Gasteiger partial charge in [0.2, 0.25) is 0 Å². The van der Waals surface area contributed by atoms with Gasteiger partial charge in [0.15, 0.2) is 12.2 Å². The molecule has 0 aliphatic heterocycles. The van der Waals surface area contributed by atoms with Gasteiger partial charge in [0, 0.05) is 10.6 Å². The molecule has 1 amide bonds. The number of fused-ring (bicyclic) bond motifs is 1. The lowest BCUT2D eigenvalue weighted by molar-refractivity contribution is -0.144. The lowest BCUT2D eigenvalue weighted by Gasteiger charge is -2.09. The number of esters is 1. The van der Waals surface area contributed by atoms with Gasteiger partial charge in [-0.25, -0.2) is 4.98 Å². The molecule has 0 atom stereocenters. The Morgan fingerprint density at radius 2 is 2.11 bits per heavy atom. The van der Waals surface area contributed by atoms with Gasteiger partial charge in [-0.1, -0.05) is 23.9 Å². The van der Waals surface area contributed by atoms with Crippen molar-refractivity contribution in [1.29, 1.82) is 5.26 Å². The van der Waals surface area contributed by atoms with Crippen LogP contribution in [-0.2, 0) is 14.3 Å². The van der Waals surface area contributed by atoms with E-state index in [4.69, 9.17) is 14.4 Å². The number of para-hydroxylation sites is 2. The topological polar surface area (TPSA) is 105 Å². The van der Waals surface area contributed by atoms with Crippen molar-refractivity contribution in [1.82, 2.24) is 4.98 Å². The van der Waals surface area contributed by atoms with E-state index in [9.17, 15) is 9.59 Å². The zero-order chi connectivity index (χ0) is 19.9. The van der Waals surface area contributed by atoms with Gasteiger partial charge in [0.25, 0.3) is 11.1 Å². The molecule has 0 fully saturated rings. The zero-order valence-corrected chi connectivity index (χ0v) is 16.4. The fourth-order valence-electron chi connectivity index (χ4n) is 2.30. The first kappa shape index (κ1) is 19.8. The molecule has 3 aromatic rings. The molecule has 0 saturated carbocycles. The predicted molar refractivity (Wildman–Crippen MR) is 107 cm³/mol. The number of nitrogens with one attached hydrogen (secondary N) is 1. The van der Waals surface area contributed by atoms with E-state index < -0.39 is 11.9 Å². The summed E-state index contributed by atoms with van der Waals surface area (Å²) in [5, 5.41) is 13.7. The van der Waals surface area contributed by atoms with Crippen molar-refractivity contribution in [2.45, 2.75) is 17.0 Å². The van der Waals surface area contributed by atoms with Gasteiger partial charge in [-0.2, -0.15) is 5.26 Å². The van der Waals surface area contributed by atoms with E-state index in [0.717, 1.165) is 34.0 Å². The minimum Gasteiger partial charge on any atom is -0.455 e. The summed E-state index contributed by atoms with van der Waals surface area (Å²) in [5.41, 5.74) is 2.77. The van der Waals surface area contributed by atoms with Crippen LogP contribution in [0.25, 0.3) is 11.1 Å². The molecule has 0 spiro atoms. The van der Waals surface area contributed by atoms with Crippen LogP contribution < -0.4 is 5.32 Å². The van der Waals surface area contributed by atoms with Crippen LogP contribution in [0.4, 0.5) is 5.69 Å². The molecule has 0 saturated heterocycles. The smallest absolute Gasteiger partial charge is 0.316 e. The quantitative estimate of drug-likeness (QED) is 0.352. The van der Waals surface area contributed by atoms with Gasteiger partial charge in [-0.3, -0.25) is 9.59 Å². The summed E-state index contributed by atoms with van der Waals surface area (Å²) in [7, 11) is 0. The molecule has 0 aliphatic rings. The van der Waals surface area contributed by atoms with E-state index >= 15 is 0 Å². The molecule has 0 aliphatic carbocycles. The number of rotatable bonds is 7. The second kappa shape index (κ2) is 9.30. The highest BCUT2D eigenvalue weighted by Gasteiger charge is 2.12. The maximum Gasteiger partial charge on any atom is 0.316 e. The van der Waals surface area contributed by atoms with Crippen molar-refractivity contribution >= 4 is 52.2 Å². The molecule has 142 valence electrons. The maximum absolute atomic E-state index is 12.0. The van der Waals surface area contributed by atoms with Gasteiger partial charge in [-0.05, 0) is 54.6 Å². The Bertz CT molecular complexity index is 1030. The summed E-state index contributed by atoms with van der Waals surface area (Å²) >= 11 is 2.15. The highest BCUT2D eigenvalue weighted by Crippen LogP contribution is 2.24. The molecule has 9 heteroatoms. The van der Waals surface area contributed by atoms with Gasteiger partial charge >= 0.3 is 5.97 Å². The number of hydrogen-bond acceptors (Lipinski definition) is 8. The highest BCUT2D eigenvalue weighted by molar-refractivity contribution is 8.03. The molecule has 2 aromatic carbocycles. The Morgan fingerprint density at radius 3 is 2.86 bits per heavy atom. The van der Waals surface area contributed by atoms with Crippen molar-refractivity contribution in [3.63, 3.8) is 0 Å². The number of thioether (sulfide) groups is 2. The number of amides is 1. The van der Waals surface area contributed by atoms with Crippen LogP contribution in [0.5, 0.6) is 0 Å². The molecule has 3 rings (SSSR count). The lowest BCUT2D eigenvalue weighted by atomic mass is 10.2. The number of aryl methyl sites for hydroxylation is 1. The van der Waals surface area contributed by atoms with E-state index in [1.165, 1.54) is 0 Å². The standard InChI is InChI=1S/C19H15N3O4S2/c1-12-8-13(28-11-20)6-7-14(12)21-17(23)9-25-18(24)10-27-19-22-15-4-2-3-5-16(15)26-19/h2-8H,9-10H2,1H3,(H,21,23). The number of ether oxygens (including phenoxy) is 1. The monoisotopic (exact) mass is 413 g/mol. The van der Waals surface area contributed by atoms with E-state index in [1.807, 2.05) is 30.5 Å². The molecule has 1 N–H and O–H groups in total. The molecule has 0 bridgehead atoms. The van der Waals surface area contributed by atoms with E-state index in [-0.39, 0.29) is 12.4 Å². The fourth-order valence-corrected chi connectivity index (χ4v) is 3.41. The highest BCUT2D eigenvalue weighted by atomic mass is 32.2. The van der Waals surface area contributed by atoms with Crippen LogP contribution >= 0.6 is 23.5 Å². The number of hydrogen-bond donors (Lipinski definition) is 1. The first-order valence-corrected chi connectivity index (χ1v) is 9.96. The summed E-state index contributed by atoms with van der Waals surface area (Å²) in [6.07, 6.45) is 0. The first-order valence-electron chi connectivity index (χ1n) is 8.15. The number of aromatic nitrogens is 1. The zero-order valence-electron chi connectivity index (χ0n) is 14.8. The SMILES string of the molecule is Cc1cc(SC#N)ccc1NC(=O)COC(=O)CSc1nc2ccccc2o1. The average Bonchev–Trinajstić information content (AvgIpc) is 3.10. The van der Waals surface area contributed by atoms with Crippen molar-refractivity contribution in [3.05, 3.63) is 48.0 Å². The Morgan fingerprint density at radius 1 is 1.29 bits per heavy atom. The molecule has 1 aromatic heterocycles. The summed E-state index contributed by atoms with van der Waals surface area (Å²) in [5.74, 6) is -0.997. The van der Waals surface area contributed by atoms with Gasteiger partial charge in [0.1, 0.15) is 16.7 Å². The molecule has 1 heterocycles. The number of carbonyl (C=O) groups excluding carboxylic acids is 2. The number of carbonyl (C=O) groups is 2. The van der Waals surface area contributed by atoms with Crippen molar-refractivity contribution in [2.75, 3.05) is 17.7 Å². The van der Waals surface area contributed by atoms with Crippen molar-refractivity contribution in [2.24, 2.45) is 0 Å². The fraction of sp³-hybridized carbons (Fsp3) is 0.158. The number of anilines is 1. The molecular weight excluding hydrogens is 398 g/mol. The summed E-state index contributed by atoms with van der Waals surface area (Å²) < 4.78 is 10.5. The molecule has 0 radical (unpaired) electrons. The van der Waals surface area contributed by atoms with Crippen molar-refractivity contribution in [3.8, 4) is 5.40 Å². The van der Waals surface area contributed by atoms with Crippen molar-refractivity contribution < 1.29 is 18.7 Å². The average molecular weight is 413 g/mol. The van der Waals surface area contributed by atoms with E-state index in [1.54, 1.807) is 24.3 Å². The van der Waals surface area contributed by atoms with Crippen LogP contribution in [-0.4, -0.2) is 29.2 Å². The van der Waals surface area contributed by atoms with Crippen LogP contribution in [0.15, 0.2) is 57.0 Å². The summed E-state index contributed by atoms with van der Waals surface area (Å²) in [6.45, 7) is 1.43. The third kappa shape index (κ3) is 5.28. The van der Waals surface area contributed by atoms with Gasteiger partial charge < -0.3 is 14.5 Å². The summed E-state index contributed by atoms with van der Waals surface area (Å²) in [4.78, 5) is 28.9. The lowest BCUT2D eigenvalue weighted by Crippen LogP contribution is -2.22. The van der Waals surface area contributed by atoms with Gasteiger partial charge in [0.05, 0.1) is 0 Å². The minimum atomic E-state index is -0.542. The second-order valence-corrected chi connectivity index (χ2v) is 7.40. The Kier molecular flexibility index (Phi) is 6.57. The Hall–Kier alpha value is -2.96. The normalized spacial score (nSPS) is 10.4. The van der Waals surface area contributed by atoms with Crippen LogP contribution in [0.2, 0.25) is 0 Å². The third-order valence-electron chi connectivity index (χ3n) is 3.59. The Labute approximate surface area is 169 Å². The maximum atomic E-state index is 12.0. The minimum absolute atomic E-state index is 0.0147. The largest absolute Gasteiger partial charge is 0.455 e.